The molecule has 1 aromatic rings. The highest BCUT2D eigenvalue weighted by atomic mass is 19.1. The molecule has 0 heterocycles. The van der Waals surface area contributed by atoms with E-state index in [1.807, 2.05) is 6.07 Å². The summed E-state index contributed by atoms with van der Waals surface area (Å²) < 4.78 is 26.0. The zero-order chi connectivity index (χ0) is 11.3. The summed E-state index contributed by atoms with van der Waals surface area (Å²) in [5.41, 5.74) is 0.397. The summed E-state index contributed by atoms with van der Waals surface area (Å²) in [4.78, 5) is 0. The van der Waals surface area contributed by atoms with Gasteiger partial charge in [-0.25, -0.2) is 8.78 Å². The number of nitrogens with one attached hydrogen (secondary N) is 1. The third kappa shape index (κ3) is 3.00. The number of benzene rings is 1. The maximum Gasteiger partial charge on any atom is 0.130 e. The highest BCUT2D eigenvalue weighted by Crippen LogP contribution is 2.21. The molecule has 2 nitrogen and oxygen atoms in total. The predicted molar refractivity (Wildman–Crippen MR) is 53.0 cm³/mol. The van der Waals surface area contributed by atoms with Gasteiger partial charge in [0.2, 0.25) is 0 Å². The van der Waals surface area contributed by atoms with Gasteiger partial charge >= 0.3 is 0 Å². The number of nitrogens with zero attached hydrogens (tertiary/aromatic N) is 1. The Balaban J connectivity index is 2.87. The van der Waals surface area contributed by atoms with Crippen LogP contribution in [0, 0.1) is 23.0 Å². The molecular weight excluding hydrogens is 198 g/mol. The SMILES string of the molecule is CNC(CCC#N)c1ccc(F)cc1F. The minimum atomic E-state index is -0.591. The lowest BCUT2D eigenvalue weighted by Crippen LogP contribution is -2.17. The van der Waals surface area contributed by atoms with Crippen molar-refractivity contribution in [3.8, 4) is 6.07 Å². The molecule has 1 N–H and O–H groups in total. The topological polar surface area (TPSA) is 35.8 Å². The molecule has 0 aromatic heterocycles. The van der Waals surface area contributed by atoms with E-state index >= 15 is 0 Å². The maximum atomic E-state index is 13.4. The zero-order valence-electron chi connectivity index (χ0n) is 8.43. The van der Waals surface area contributed by atoms with Crippen LogP contribution in [0.5, 0.6) is 0 Å². The summed E-state index contributed by atoms with van der Waals surface area (Å²) in [5.74, 6) is -1.17. The molecule has 0 fully saturated rings. The molecule has 0 saturated carbocycles. The fourth-order valence-corrected chi connectivity index (χ4v) is 1.45. The maximum absolute atomic E-state index is 13.4. The second kappa shape index (κ2) is 5.42. The average molecular weight is 210 g/mol. The van der Waals surface area contributed by atoms with Crippen LogP contribution in [0.25, 0.3) is 0 Å². The van der Waals surface area contributed by atoms with Crippen LogP contribution in [0.15, 0.2) is 18.2 Å². The number of hydrogen-bond donors (Lipinski definition) is 1. The fraction of sp³-hybridized carbons (Fsp3) is 0.364. The van der Waals surface area contributed by atoms with Crippen molar-refractivity contribution in [2.24, 2.45) is 0 Å². The van der Waals surface area contributed by atoms with Crippen LogP contribution in [0.1, 0.15) is 24.4 Å². The molecule has 1 rings (SSSR count). The molecule has 0 aliphatic rings. The molecule has 0 saturated heterocycles. The van der Waals surface area contributed by atoms with E-state index in [2.05, 4.69) is 5.32 Å². The number of rotatable bonds is 4. The van der Waals surface area contributed by atoms with Gasteiger partial charge in [-0.2, -0.15) is 5.26 Å². The summed E-state index contributed by atoms with van der Waals surface area (Å²) in [6.07, 6.45) is 0.845. The lowest BCUT2D eigenvalue weighted by molar-refractivity contribution is 0.505. The second-order valence-electron chi connectivity index (χ2n) is 3.20. The Morgan fingerprint density at radius 3 is 2.73 bits per heavy atom. The molecule has 0 spiro atoms. The van der Waals surface area contributed by atoms with Crippen LogP contribution in [-0.4, -0.2) is 7.05 Å². The van der Waals surface area contributed by atoms with Gasteiger partial charge in [-0.3, -0.25) is 0 Å². The lowest BCUT2D eigenvalue weighted by atomic mass is 10.0. The van der Waals surface area contributed by atoms with Crippen LogP contribution in [0.4, 0.5) is 8.78 Å². The van der Waals surface area contributed by atoms with Crippen molar-refractivity contribution < 1.29 is 8.78 Å². The third-order valence-electron chi connectivity index (χ3n) is 2.23. The Kier molecular flexibility index (Phi) is 4.19. The van der Waals surface area contributed by atoms with Crippen LogP contribution >= 0.6 is 0 Å². The van der Waals surface area contributed by atoms with E-state index in [0.29, 0.717) is 18.4 Å². The van der Waals surface area contributed by atoms with E-state index in [1.165, 1.54) is 12.1 Å². The van der Waals surface area contributed by atoms with Gasteiger partial charge in [0.05, 0.1) is 6.07 Å². The van der Waals surface area contributed by atoms with Gasteiger partial charge in [-0.1, -0.05) is 6.07 Å². The van der Waals surface area contributed by atoms with Gasteiger partial charge in [0.15, 0.2) is 0 Å². The number of nitriles is 1. The Hall–Kier alpha value is -1.47. The number of halogens is 2. The second-order valence-corrected chi connectivity index (χ2v) is 3.20. The van der Waals surface area contributed by atoms with Crippen LogP contribution in [0.2, 0.25) is 0 Å². The molecule has 0 aliphatic carbocycles. The fourth-order valence-electron chi connectivity index (χ4n) is 1.45. The minimum Gasteiger partial charge on any atom is -0.313 e. The van der Waals surface area contributed by atoms with Crippen LogP contribution in [-0.2, 0) is 0 Å². The van der Waals surface area contributed by atoms with E-state index in [1.54, 1.807) is 7.05 Å². The van der Waals surface area contributed by atoms with Gasteiger partial charge in [0.25, 0.3) is 0 Å². The third-order valence-corrected chi connectivity index (χ3v) is 2.23. The summed E-state index contributed by atoms with van der Waals surface area (Å²) in [5, 5.41) is 11.3. The van der Waals surface area contributed by atoms with Gasteiger partial charge in [-0.05, 0) is 19.5 Å². The van der Waals surface area contributed by atoms with E-state index < -0.39 is 11.6 Å². The number of hydrogen-bond acceptors (Lipinski definition) is 2. The smallest absolute Gasteiger partial charge is 0.130 e. The van der Waals surface area contributed by atoms with Crippen molar-refractivity contribution in [3.63, 3.8) is 0 Å². The van der Waals surface area contributed by atoms with Gasteiger partial charge in [0.1, 0.15) is 11.6 Å². The monoisotopic (exact) mass is 210 g/mol. The molecule has 1 aromatic carbocycles. The summed E-state index contributed by atoms with van der Waals surface area (Å²) >= 11 is 0. The standard InChI is InChI=1S/C11H12F2N2/c1-15-11(3-2-6-14)9-5-4-8(12)7-10(9)13/h4-5,7,11,15H,2-3H2,1H3. The highest BCUT2D eigenvalue weighted by molar-refractivity contribution is 5.22. The van der Waals surface area contributed by atoms with E-state index in [-0.39, 0.29) is 6.04 Å². The Morgan fingerprint density at radius 2 is 2.20 bits per heavy atom. The van der Waals surface area contributed by atoms with E-state index in [4.69, 9.17) is 5.26 Å². The van der Waals surface area contributed by atoms with Gasteiger partial charge in [-0.15, -0.1) is 0 Å². The highest BCUT2D eigenvalue weighted by Gasteiger charge is 2.13. The molecule has 80 valence electrons. The van der Waals surface area contributed by atoms with Crippen molar-refractivity contribution in [2.75, 3.05) is 7.05 Å². The first-order chi connectivity index (χ1) is 7.19. The first-order valence-corrected chi connectivity index (χ1v) is 4.68. The van der Waals surface area contributed by atoms with Gasteiger partial charge in [0, 0.05) is 24.1 Å². The normalized spacial score (nSPS) is 12.1. The van der Waals surface area contributed by atoms with Crippen molar-refractivity contribution in [3.05, 3.63) is 35.4 Å². The first-order valence-electron chi connectivity index (χ1n) is 4.68. The van der Waals surface area contributed by atoms with Crippen molar-refractivity contribution in [1.82, 2.24) is 5.32 Å². The molecule has 1 unspecified atom stereocenters. The van der Waals surface area contributed by atoms with Crippen LogP contribution in [0.3, 0.4) is 0 Å². The lowest BCUT2D eigenvalue weighted by Gasteiger charge is -2.15. The van der Waals surface area contributed by atoms with Crippen molar-refractivity contribution in [1.29, 1.82) is 5.26 Å². The molecule has 0 radical (unpaired) electrons. The predicted octanol–water partition coefficient (Wildman–Crippen LogP) is 2.53. The molecular formula is C11H12F2N2. The molecule has 15 heavy (non-hydrogen) atoms. The zero-order valence-corrected chi connectivity index (χ0v) is 8.43. The largest absolute Gasteiger partial charge is 0.313 e. The molecule has 4 heteroatoms. The molecule has 0 amide bonds. The summed E-state index contributed by atoms with van der Waals surface area (Å²) in [6.45, 7) is 0. The Labute approximate surface area is 87.5 Å². The Bertz CT molecular complexity index is 371. The van der Waals surface area contributed by atoms with Gasteiger partial charge < -0.3 is 5.32 Å². The van der Waals surface area contributed by atoms with Crippen molar-refractivity contribution in [2.45, 2.75) is 18.9 Å². The quantitative estimate of drug-likeness (QED) is 0.828. The molecule has 0 aliphatic heterocycles. The first kappa shape index (κ1) is 11.6. The summed E-state index contributed by atoms with van der Waals surface area (Å²) in [6, 6.07) is 5.23. The Morgan fingerprint density at radius 1 is 1.47 bits per heavy atom. The van der Waals surface area contributed by atoms with E-state index in [9.17, 15) is 8.78 Å². The summed E-state index contributed by atoms with van der Waals surface area (Å²) in [7, 11) is 1.69. The molecule has 0 bridgehead atoms. The van der Waals surface area contributed by atoms with Crippen LogP contribution < -0.4 is 5.32 Å². The minimum absolute atomic E-state index is 0.245. The average Bonchev–Trinajstić information content (AvgIpc) is 2.21. The van der Waals surface area contributed by atoms with Crippen molar-refractivity contribution >= 4 is 0 Å². The van der Waals surface area contributed by atoms with E-state index in [0.717, 1.165) is 6.07 Å². The molecule has 1 atom stereocenters.